The van der Waals surface area contributed by atoms with Crippen LogP contribution < -0.4 is 0 Å². The highest BCUT2D eigenvalue weighted by atomic mass is 32.1. The maximum absolute atomic E-state index is 12.1. The lowest BCUT2D eigenvalue weighted by Gasteiger charge is -2.47. The van der Waals surface area contributed by atoms with Gasteiger partial charge in [0.05, 0.1) is 15.2 Å². The number of aromatic nitrogens is 1. The number of rotatable bonds is 3. The first-order valence-electron chi connectivity index (χ1n) is 9.41. The molecule has 1 aromatic heterocycles. The second-order valence-electron chi connectivity index (χ2n) is 7.84. The summed E-state index contributed by atoms with van der Waals surface area (Å²) in [5.74, 6) is 0.657. The molecule has 2 aromatic rings. The van der Waals surface area contributed by atoms with Gasteiger partial charge in [-0.1, -0.05) is 6.42 Å². The van der Waals surface area contributed by atoms with E-state index in [9.17, 15) is 4.79 Å². The summed E-state index contributed by atoms with van der Waals surface area (Å²) in [6.07, 6.45) is 6.58. The Hall–Kier alpha value is -1.46. The van der Waals surface area contributed by atoms with Crippen LogP contribution in [0.2, 0.25) is 0 Å². The van der Waals surface area contributed by atoms with Crippen LogP contribution in [0, 0.1) is 0 Å². The Bertz CT molecular complexity index is 778. The highest BCUT2D eigenvalue weighted by molar-refractivity contribution is 7.18. The third-order valence-electron chi connectivity index (χ3n) is 5.84. The first-order chi connectivity index (χ1) is 12.0. The summed E-state index contributed by atoms with van der Waals surface area (Å²) < 4.78 is 1.14. The number of fused-ring (bicyclic) bond motifs is 1. The molecule has 0 unspecified atom stereocenters. The van der Waals surface area contributed by atoms with Crippen molar-refractivity contribution in [2.24, 2.45) is 0 Å². The Morgan fingerprint density at radius 2 is 2.08 bits per heavy atom. The first-order valence-corrected chi connectivity index (χ1v) is 10.2. The maximum Gasteiger partial charge on any atom is 0.253 e. The molecule has 134 valence electrons. The third kappa shape index (κ3) is 3.20. The number of amides is 1. The lowest BCUT2D eigenvalue weighted by Crippen LogP contribution is -2.50. The molecule has 2 heterocycles. The minimum absolute atomic E-state index is 0.0552. The molecule has 1 aliphatic carbocycles. The van der Waals surface area contributed by atoms with E-state index in [2.05, 4.69) is 11.8 Å². The number of carbonyl (C=O) groups excluding carboxylic acids is 1. The van der Waals surface area contributed by atoms with E-state index in [0.29, 0.717) is 5.92 Å². The summed E-state index contributed by atoms with van der Waals surface area (Å²) in [6, 6.07) is 7.39. The number of hydrogen-bond donors (Lipinski definition) is 0. The summed E-state index contributed by atoms with van der Waals surface area (Å²) in [5, 5.41) is 1.25. The molecule has 1 saturated carbocycles. The van der Waals surface area contributed by atoms with Crippen molar-refractivity contribution < 1.29 is 4.79 Å². The second-order valence-corrected chi connectivity index (χ2v) is 8.90. The van der Waals surface area contributed by atoms with Crippen molar-refractivity contribution >= 4 is 27.5 Å². The minimum Gasteiger partial charge on any atom is -0.345 e. The van der Waals surface area contributed by atoms with Gasteiger partial charge in [0.25, 0.3) is 5.91 Å². The molecule has 4 rings (SSSR count). The van der Waals surface area contributed by atoms with Crippen LogP contribution >= 0.6 is 11.3 Å². The molecular weight excluding hydrogens is 330 g/mol. The molecule has 0 spiro atoms. The minimum atomic E-state index is 0.0552. The molecule has 1 aromatic carbocycles. The SMILES string of the molecule is C[C@H]1CCCCN1C1CC(c2nc3ccc(C(=O)N(C)C)cc3s2)C1. The Kier molecular flexibility index (Phi) is 4.54. The summed E-state index contributed by atoms with van der Waals surface area (Å²) in [7, 11) is 3.58. The van der Waals surface area contributed by atoms with Crippen LogP contribution in [0.4, 0.5) is 0 Å². The van der Waals surface area contributed by atoms with E-state index in [0.717, 1.165) is 27.9 Å². The van der Waals surface area contributed by atoms with E-state index in [4.69, 9.17) is 4.98 Å². The molecule has 2 fully saturated rings. The van der Waals surface area contributed by atoms with Crippen molar-refractivity contribution in [2.45, 2.75) is 57.0 Å². The number of benzene rings is 1. The average Bonchev–Trinajstić information content (AvgIpc) is 2.96. The van der Waals surface area contributed by atoms with Gasteiger partial charge in [-0.25, -0.2) is 4.98 Å². The van der Waals surface area contributed by atoms with E-state index in [-0.39, 0.29) is 5.91 Å². The first kappa shape index (κ1) is 17.0. The standard InChI is InChI=1S/C20H27N3OS/c1-13-6-4-5-9-23(13)16-10-15(11-16)19-21-17-8-7-14(12-18(17)25-19)20(24)22(2)3/h7-8,12-13,15-16H,4-6,9-11H2,1-3H3/t13-,15?,16?/m0/s1. The summed E-state index contributed by atoms with van der Waals surface area (Å²) in [4.78, 5) is 21.4. The van der Waals surface area contributed by atoms with Crippen molar-refractivity contribution in [3.8, 4) is 0 Å². The average molecular weight is 358 g/mol. The summed E-state index contributed by atoms with van der Waals surface area (Å²) in [5.41, 5.74) is 1.78. The third-order valence-corrected chi connectivity index (χ3v) is 7.02. The monoisotopic (exact) mass is 357 g/mol. The van der Waals surface area contributed by atoms with Gasteiger partial charge in [0.1, 0.15) is 0 Å². The van der Waals surface area contributed by atoms with Crippen LogP contribution in [0.3, 0.4) is 0 Å². The van der Waals surface area contributed by atoms with Crippen LogP contribution in [0.25, 0.3) is 10.2 Å². The largest absolute Gasteiger partial charge is 0.345 e. The van der Waals surface area contributed by atoms with Crippen molar-refractivity contribution in [2.75, 3.05) is 20.6 Å². The number of nitrogens with zero attached hydrogens (tertiary/aromatic N) is 3. The number of hydrogen-bond acceptors (Lipinski definition) is 4. The molecule has 1 amide bonds. The predicted molar refractivity (Wildman–Crippen MR) is 103 cm³/mol. The molecule has 1 saturated heterocycles. The quantitative estimate of drug-likeness (QED) is 0.829. The van der Waals surface area contributed by atoms with Crippen molar-refractivity contribution in [3.63, 3.8) is 0 Å². The summed E-state index contributed by atoms with van der Waals surface area (Å²) >= 11 is 1.77. The second kappa shape index (κ2) is 6.69. The zero-order valence-corrected chi connectivity index (χ0v) is 16.2. The van der Waals surface area contributed by atoms with E-state index in [1.54, 1.807) is 30.3 Å². The van der Waals surface area contributed by atoms with E-state index >= 15 is 0 Å². The fourth-order valence-electron chi connectivity index (χ4n) is 4.23. The fraction of sp³-hybridized carbons (Fsp3) is 0.600. The van der Waals surface area contributed by atoms with Gasteiger partial charge in [-0.2, -0.15) is 0 Å². The van der Waals surface area contributed by atoms with Gasteiger partial charge < -0.3 is 4.90 Å². The van der Waals surface area contributed by atoms with E-state index < -0.39 is 0 Å². The Balaban J connectivity index is 1.47. The smallest absolute Gasteiger partial charge is 0.253 e. The molecule has 0 bridgehead atoms. The molecule has 0 radical (unpaired) electrons. The van der Waals surface area contributed by atoms with Crippen LogP contribution in [-0.4, -0.2) is 53.4 Å². The molecule has 4 nitrogen and oxygen atoms in total. The number of likely N-dealkylation sites (tertiary alicyclic amines) is 1. The van der Waals surface area contributed by atoms with Crippen molar-refractivity contribution in [1.29, 1.82) is 0 Å². The highest BCUT2D eigenvalue weighted by Gasteiger charge is 2.38. The topological polar surface area (TPSA) is 36.4 Å². The lowest BCUT2D eigenvalue weighted by atomic mass is 9.78. The number of carbonyl (C=O) groups is 1. The Morgan fingerprint density at radius 3 is 2.80 bits per heavy atom. The van der Waals surface area contributed by atoms with Gasteiger partial charge in [0, 0.05) is 37.7 Å². The van der Waals surface area contributed by atoms with Gasteiger partial charge in [-0.05, 0) is 57.4 Å². The highest BCUT2D eigenvalue weighted by Crippen LogP contribution is 2.44. The van der Waals surface area contributed by atoms with E-state index in [1.165, 1.54) is 43.7 Å². The lowest BCUT2D eigenvalue weighted by molar-refractivity contribution is 0.0480. The maximum atomic E-state index is 12.1. The predicted octanol–water partition coefficient (Wildman–Crippen LogP) is 4.12. The van der Waals surface area contributed by atoms with Gasteiger partial charge in [0.2, 0.25) is 0 Å². The Labute approximate surface area is 153 Å². The molecule has 5 heteroatoms. The van der Waals surface area contributed by atoms with Crippen LogP contribution in [-0.2, 0) is 0 Å². The fourth-order valence-corrected chi connectivity index (χ4v) is 5.36. The zero-order valence-electron chi connectivity index (χ0n) is 15.4. The molecule has 1 aliphatic heterocycles. The normalized spacial score (nSPS) is 27.2. The zero-order chi connectivity index (χ0) is 17.6. The van der Waals surface area contributed by atoms with Gasteiger partial charge >= 0.3 is 0 Å². The van der Waals surface area contributed by atoms with Crippen LogP contribution in [0.5, 0.6) is 0 Å². The van der Waals surface area contributed by atoms with Crippen molar-refractivity contribution in [1.82, 2.24) is 14.8 Å². The molecule has 2 aliphatic rings. The molecular formula is C20H27N3OS. The Morgan fingerprint density at radius 1 is 1.28 bits per heavy atom. The van der Waals surface area contributed by atoms with Gasteiger partial charge in [-0.3, -0.25) is 9.69 Å². The number of thiazole rings is 1. The molecule has 1 atom stereocenters. The van der Waals surface area contributed by atoms with Crippen molar-refractivity contribution in [3.05, 3.63) is 28.8 Å². The van der Waals surface area contributed by atoms with Gasteiger partial charge in [0.15, 0.2) is 0 Å². The summed E-state index contributed by atoms with van der Waals surface area (Å²) in [6.45, 7) is 3.65. The van der Waals surface area contributed by atoms with Crippen LogP contribution in [0.15, 0.2) is 18.2 Å². The molecule has 0 N–H and O–H groups in total. The van der Waals surface area contributed by atoms with Gasteiger partial charge in [-0.15, -0.1) is 11.3 Å². The van der Waals surface area contributed by atoms with E-state index in [1.807, 2.05) is 18.2 Å². The number of piperidine rings is 1. The molecule has 25 heavy (non-hydrogen) atoms. The van der Waals surface area contributed by atoms with Crippen LogP contribution in [0.1, 0.15) is 60.3 Å².